The molecule has 0 saturated heterocycles. The fourth-order valence-electron chi connectivity index (χ4n) is 2.50. The highest BCUT2D eigenvalue weighted by Gasteiger charge is 2.12. The SMILES string of the molecule is Cc1cc(C(=O)NCCNC2CCCCCC2)no1.Cl. The van der Waals surface area contributed by atoms with Crippen molar-refractivity contribution in [2.45, 2.75) is 51.5 Å². The number of amides is 1. The summed E-state index contributed by atoms with van der Waals surface area (Å²) in [5, 5.41) is 10.0. The first-order valence-electron chi connectivity index (χ1n) is 7.20. The van der Waals surface area contributed by atoms with Crippen LogP contribution in [0.15, 0.2) is 10.6 Å². The molecule has 20 heavy (non-hydrogen) atoms. The lowest BCUT2D eigenvalue weighted by Gasteiger charge is -2.16. The minimum absolute atomic E-state index is 0. The van der Waals surface area contributed by atoms with Gasteiger partial charge in [-0.05, 0) is 19.8 Å². The van der Waals surface area contributed by atoms with Gasteiger partial charge in [0.25, 0.3) is 5.91 Å². The Bertz CT molecular complexity index is 401. The first-order chi connectivity index (χ1) is 9.25. The van der Waals surface area contributed by atoms with E-state index in [0.717, 1.165) is 6.54 Å². The summed E-state index contributed by atoms with van der Waals surface area (Å²) in [5.74, 6) is 0.487. The summed E-state index contributed by atoms with van der Waals surface area (Å²) in [4.78, 5) is 11.7. The molecule has 0 spiro atoms. The molecular formula is C14H24ClN3O2. The van der Waals surface area contributed by atoms with Crippen molar-refractivity contribution in [1.82, 2.24) is 15.8 Å². The van der Waals surface area contributed by atoms with Crippen LogP contribution in [0.4, 0.5) is 0 Å². The standard InChI is InChI=1S/C14H23N3O2.ClH/c1-11-10-13(17-19-11)14(18)16-9-8-15-12-6-4-2-3-5-7-12;/h10,12,15H,2-9H2,1H3,(H,16,18);1H. The van der Waals surface area contributed by atoms with E-state index < -0.39 is 0 Å². The van der Waals surface area contributed by atoms with Crippen LogP contribution >= 0.6 is 12.4 Å². The van der Waals surface area contributed by atoms with E-state index in [1.807, 2.05) is 0 Å². The summed E-state index contributed by atoms with van der Waals surface area (Å²) >= 11 is 0. The molecule has 114 valence electrons. The normalized spacial score (nSPS) is 16.2. The fraction of sp³-hybridized carbons (Fsp3) is 0.714. The minimum Gasteiger partial charge on any atom is -0.361 e. The highest BCUT2D eigenvalue weighted by molar-refractivity contribution is 5.92. The van der Waals surface area contributed by atoms with Crippen molar-refractivity contribution < 1.29 is 9.32 Å². The third-order valence-electron chi connectivity index (χ3n) is 3.56. The topological polar surface area (TPSA) is 67.2 Å². The molecule has 1 aliphatic rings. The van der Waals surface area contributed by atoms with Crippen molar-refractivity contribution >= 4 is 18.3 Å². The van der Waals surface area contributed by atoms with Gasteiger partial charge in [0.05, 0.1) is 0 Å². The van der Waals surface area contributed by atoms with Crippen molar-refractivity contribution in [3.8, 4) is 0 Å². The van der Waals surface area contributed by atoms with Crippen LogP contribution in [0.1, 0.15) is 54.8 Å². The van der Waals surface area contributed by atoms with Crippen molar-refractivity contribution in [2.24, 2.45) is 0 Å². The van der Waals surface area contributed by atoms with Gasteiger partial charge in [-0.3, -0.25) is 4.79 Å². The summed E-state index contributed by atoms with van der Waals surface area (Å²) in [6.45, 7) is 3.21. The molecule has 0 aliphatic heterocycles. The molecule has 2 N–H and O–H groups in total. The van der Waals surface area contributed by atoms with Crippen molar-refractivity contribution in [1.29, 1.82) is 0 Å². The minimum atomic E-state index is -0.167. The zero-order chi connectivity index (χ0) is 13.5. The molecule has 0 bridgehead atoms. The zero-order valence-corrected chi connectivity index (χ0v) is 12.8. The van der Waals surface area contributed by atoms with Gasteiger partial charge in [-0.15, -0.1) is 12.4 Å². The first-order valence-corrected chi connectivity index (χ1v) is 7.20. The Morgan fingerprint density at radius 3 is 2.60 bits per heavy atom. The number of aromatic nitrogens is 1. The van der Waals surface area contributed by atoms with Gasteiger partial charge in [0, 0.05) is 25.2 Å². The summed E-state index contributed by atoms with van der Waals surface area (Å²) in [6.07, 6.45) is 7.89. The lowest BCUT2D eigenvalue weighted by atomic mass is 10.1. The van der Waals surface area contributed by atoms with Crippen LogP contribution in [0.2, 0.25) is 0 Å². The maximum Gasteiger partial charge on any atom is 0.273 e. The van der Waals surface area contributed by atoms with Gasteiger partial charge in [0.2, 0.25) is 0 Å². The maximum absolute atomic E-state index is 11.7. The Hall–Kier alpha value is -1.07. The first kappa shape index (κ1) is 17.0. The second kappa shape index (κ2) is 8.97. The number of carbonyl (C=O) groups is 1. The molecule has 5 nitrogen and oxygen atoms in total. The summed E-state index contributed by atoms with van der Waals surface area (Å²) in [5.41, 5.74) is 0.354. The number of halogens is 1. The van der Waals surface area contributed by atoms with Gasteiger partial charge < -0.3 is 15.2 Å². The molecular weight excluding hydrogens is 278 g/mol. The van der Waals surface area contributed by atoms with Gasteiger partial charge in [0.1, 0.15) is 5.76 Å². The molecule has 6 heteroatoms. The summed E-state index contributed by atoms with van der Waals surface area (Å²) in [7, 11) is 0. The number of rotatable bonds is 5. The smallest absolute Gasteiger partial charge is 0.273 e. The Morgan fingerprint density at radius 1 is 1.30 bits per heavy atom. The maximum atomic E-state index is 11.7. The van der Waals surface area contributed by atoms with Crippen LogP contribution in [0, 0.1) is 6.92 Å². The van der Waals surface area contributed by atoms with Crippen molar-refractivity contribution in [3.63, 3.8) is 0 Å². The van der Waals surface area contributed by atoms with E-state index in [9.17, 15) is 4.79 Å². The van der Waals surface area contributed by atoms with E-state index in [4.69, 9.17) is 4.52 Å². The Kier molecular flexibility index (Phi) is 7.62. The number of nitrogens with one attached hydrogen (secondary N) is 2. The zero-order valence-electron chi connectivity index (χ0n) is 12.0. The second-order valence-electron chi connectivity index (χ2n) is 5.22. The molecule has 1 saturated carbocycles. The number of hydrogen-bond acceptors (Lipinski definition) is 4. The van der Waals surface area contributed by atoms with Gasteiger partial charge >= 0.3 is 0 Å². The highest BCUT2D eigenvalue weighted by Crippen LogP contribution is 2.16. The van der Waals surface area contributed by atoms with Crippen LogP contribution in [-0.4, -0.2) is 30.2 Å². The Balaban J connectivity index is 0.00000200. The van der Waals surface area contributed by atoms with E-state index in [0.29, 0.717) is 24.0 Å². The van der Waals surface area contributed by atoms with Crippen molar-refractivity contribution in [3.05, 3.63) is 17.5 Å². The number of nitrogens with zero attached hydrogens (tertiary/aromatic N) is 1. The van der Waals surface area contributed by atoms with E-state index in [1.54, 1.807) is 13.0 Å². The van der Waals surface area contributed by atoms with E-state index in [-0.39, 0.29) is 18.3 Å². The molecule has 1 aromatic heterocycles. The van der Waals surface area contributed by atoms with Crippen LogP contribution in [0.5, 0.6) is 0 Å². The summed E-state index contributed by atoms with van der Waals surface area (Å²) < 4.78 is 4.87. The van der Waals surface area contributed by atoms with Crippen LogP contribution in [0.3, 0.4) is 0 Å². The molecule has 2 rings (SSSR count). The predicted molar refractivity (Wildman–Crippen MR) is 80.3 cm³/mol. The van der Waals surface area contributed by atoms with Crippen LogP contribution in [-0.2, 0) is 0 Å². The van der Waals surface area contributed by atoms with Gasteiger partial charge in [-0.25, -0.2) is 0 Å². The van der Waals surface area contributed by atoms with E-state index in [2.05, 4.69) is 15.8 Å². The quantitative estimate of drug-likeness (QED) is 0.647. The van der Waals surface area contributed by atoms with Crippen LogP contribution < -0.4 is 10.6 Å². The molecule has 1 aromatic rings. The monoisotopic (exact) mass is 301 g/mol. The molecule has 1 amide bonds. The Morgan fingerprint density at radius 2 is 2.00 bits per heavy atom. The lowest BCUT2D eigenvalue weighted by molar-refractivity contribution is 0.0944. The summed E-state index contributed by atoms with van der Waals surface area (Å²) in [6, 6.07) is 2.27. The van der Waals surface area contributed by atoms with Crippen molar-refractivity contribution in [2.75, 3.05) is 13.1 Å². The fourth-order valence-corrected chi connectivity index (χ4v) is 2.50. The van der Waals surface area contributed by atoms with Crippen LogP contribution in [0.25, 0.3) is 0 Å². The third-order valence-corrected chi connectivity index (χ3v) is 3.56. The number of carbonyl (C=O) groups excluding carboxylic acids is 1. The molecule has 0 unspecified atom stereocenters. The van der Waals surface area contributed by atoms with Gasteiger partial charge in [-0.1, -0.05) is 30.8 Å². The molecule has 0 aromatic carbocycles. The molecule has 1 fully saturated rings. The molecule has 0 radical (unpaired) electrons. The third kappa shape index (κ3) is 5.51. The van der Waals surface area contributed by atoms with E-state index in [1.165, 1.54) is 38.5 Å². The highest BCUT2D eigenvalue weighted by atomic mass is 35.5. The molecule has 1 aliphatic carbocycles. The van der Waals surface area contributed by atoms with Gasteiger partial charge in [0.15, 0.2) is 5.69 Å². The number of aryl methyl sites for hydroxylation is 1. The van der Waals surface area contributed by atoms with Gasteiger partial charge in [-0.2, -0.15) is 0 Å². The average Bonchev–Trinajstić information content (AvgIpc) is 2.68. The average molecular weight is 302 g/mol. The molecule has 1 heterocycles. The largest absolute Gasteiger partial charge is 0.361 e. The second-order valence-corrected chi connectivity index (χ2v) is 5.22. The predicted octanol–water partition coefficient (Wildman–Crippen LogP) is 2.45. The molecule has 0 atom stereocenters. The van der Waals surface area contributed by atoms with E-state index >= 15 is 0 Å². The Labute approximate surface area is 126 Å². The lowest BCUT2D eigenvalue weighted by Crippen LogP contribution is -2.36. The number of hydrogen-bond donors (Lipinski definition) is 2.